The Morgan fingerprint density at radius 2 is 1.90 bits per heavy atom. The molecule has 0 aromatic heterocycles. The number of aliphatic carboxylic acids is 1. The molecule has 0 heterocycles. The molecule has 0 saturated carbocycles. The van der Waals surface area contributed by atoms with Crippen molar-refractivity contribution in [3.63, 3.8) is 0 Å². The minimum atomic E-state index is -1.45. The van der Waals surface area contributed by atoms with Gasteiger partial charge in [-0.3, -0.25) is 9.59 Å². The Bertz CT molecular complexity index is 520. The normalized spacial score (nSPS) is 11.5. The summed E-state index contributed by atoms with van der Waals surface area (Å²) in [7, 11) is 0. The Balaban J connectivity index is 2.51. The summed E-state index contributed by atoms with van der Waals surface area (Å²) >= 11 is 0. The van der Waals surface area contributed by atoms with Crippen LogP contribution in [-0.2, 0) is 9.59 Å². The Labute approximate surface area is 113 Å². The highest BCUT2D eigenvalue weighted by molar-refractivity contribution is 5.97. The molecule has 0 aliphatic heterocycles. The summed E-state index contributed by atoms with van der Waals surface area (Å²) < 4.78 is 13.3. The van der Waals surface area contributed by atoms with Gasteiger partial charge >= 0.3 is 5.97 Å². The number of amides is 2. The van der Waals surface area contributed by atoms with E-state index in [9.17, 15) is 18.8 Å². The zero-order chi connectivity index (χ0) is 15.1. The van der Waals surface area contributed by atoms with Gasteiger partial charge in [0.2, 0.25) is 5.91 Å². The maximum atomic E-state index is 13.3. The minimum Gasteiger partial charge on any atom is -0.480 e. The molecule has 8 heteroatoms. The number of aliphatic hydroxyl groups is 1. The van der Waals surface area contributed by atoms with Gasteiger partial charge in [-0.2, -0.15) is 0 Å². The number of hydrogen-bond acceptors (Lipinski definition) is 4. The average Bonchev–Trinajstić information content (AvgIpc) is 2.42. The number of nitrogens with one attached hydrogen (secondary N) is 2. The first-order valence-corrected chi connectivity index (χ1v) is 5.61. The largest absolute Gasteiger partial charge is 0.480 e. The van der Waals surface area contributed by atoms with Crippen molar-refractivity contribution in [1.82, 2.24) is 10.6 Å². The first kappa shape index (κ1) is 15.6. The number of aliphatic hydroxyl groups excluding tert-OH is 1. The van der Waals surface area contributed by atoms with Crippen LogP contribution in [0.5, 0.6) is 0 Å². The molecule has 20 heavy (non-hydrogen) atoms. The molecular weight excluding hydrogens is 271 g/mol. The molecular formula is C12H13FN2O5. The van der Waals surface area contributed by atoms with E-state index in [0.717, 1.165) is 6.07 Å². The molecule has 7 nitrogen and oxygen atoms in total. The van der Waals surface area contributed by atoms with Crippen LogP contribution in [0.4, 0.5) is 4.39 Å². The van der Waals surface area contributed by atoms with Crippen molar-refractivity contribution in [3.05, 3.63) is 35.6 Å². The number of halogens is 1. The zero-order valence-electron chi connectivity index (χ0n) is 10.3. The topological polar surface area (TPSA) is 116 Å². The van der Waals surface area contributed by atoms with Crippen LogP contribution in [0.15, 0.2) is 24.3 Å². The molecule has 1 rings (SSSR count). The number of carboxylic acid groups (broad SMARTS) is 1. The molecule has 1 atom stereocenters. The highest BCUT2D eigenvalue weighted by Gasteiger charge is 2.19. The number of carbonyl (C=O) groups is 3. The molecule has 0 unspecified atom stereocenters. The van der Waals surface area contributed by atoms with E-state index in [-0.39, 0.29) is 5.56 Å². The van der Waals surface area contributed by atoms with Crippen LogP contribution >= 0.6 is 0 Å². The third-order valence-corrected chi connectivity index (χ3v) is 2.34. The van der Waals surface area contributed by atoms with Crippen LogP contribution in [-0.4, -0.2) is 47.2 Å². The predicted octanol–water partition coefficient (Wildman–Crippen LogP) is -0.883. The summed E-state index contributed by atoms with van der Waals surface area (Å²) in [4.78, 5) is 33.5. The summed E-state index contributed by atoms with van der Waals surface area (Å²) in [6.07, 6.45) is 0. The van der Waals surface area contributed by atoms with Crippen LogP contribution < -0.4 is 10.6 Å². The number of hydrogen-bond donors (Lipinski definition) is 4. The molecule has 0 saturated heterocycles. The lowest BCUT2D eigenvalue weighted by Gasteiger charge is -2.12. The van der Waals surface area contributed by atoms with Crippen molar-refractivity contribution in [2.24, 2.45) is 0 Å². The Morgan fingerprint density at radius 3 is 2.45 bits per heavy atom. The predicted molar refractivity (Wildman–Crippen MR) is 65.4 cm³/mol. The Hall–Kier alpha value is -2.48. The van der Waals surface area contributed by atoms with Crippen molar-refractivity contribution >= 4 is 17.8 Å². The molecule has 0 radical (unpaired) electrons. The van der Waals surface area contributed by atoms with E-state index in [0.29, 0.717) is 0 Å². The average molecular weight is 284 g/mol. The van der Waals surface area contributed by atoms with Crippen LogP contribution in [0.2, 0.25) is 0 Å². The standard InChI is InChI=1S/C12H13FN2O5/c13-8-4-2-1-3-7(8)11(18)14-5-10(17)15-9(6-16)12(19)20/h1-4,9,16H,5-6H2,(H,14,18)(H,15,17)(H,19,20)/t9-/m1/s1. The van der Waals surface area contributed by atoms with E-state index in [1.165, 1.54) is 18.2 Å². The van der Waals surface area contributed by atoms with Gasteiger partial charge in [-0.05, 0) is 12.1 Å². The number of benzene rings is 1. The van der Waals surface area contributed by atoms with Gasteiger partial charge in [-0.25, -0.2) is 9.18 Å². The number of carboxylic acids is 1. The molecule has 108 valence electrons. The van der Waals surface area contributed by atoms with E-state index < -0.39 is 42.8 Å². The summed E-state index contributed by atoms with van der Waals surface area (Å²) in [6.45, 7) is -1.31. The maximum Gasteiger partial charge on any atom is 0.328 e. The van der Waals surface area contributed by atoms with Gasteiger partial charge in [0, 0.05) is 0 Å². The van der Waals surface area contributed by atoms with Gasteiger partial charge < -0.3 is 20.8 Å². The Kier molecular flexibility index (Phi) is 5.60. The Morgan fingerprint density at radius 1 is 1.25 bits per heavy atom. The molecule has 0 fully saturated rings. The molecule has 0 aliphatic rings. The molecule has 2 amide bonds. The molecule has 1 aromatic carbocycles. The first-order chi connectivity index (χ1) is 9.45. The lowest BCUT2D eigenvalue weighted by atomic mass is 10.2. The van der Waals surface area contributed by atoms with Crippen LogP contribution in [0.25, 0.3) is 0 Å². The van der Waals surface area contributed by atoms with Crippen LogP contribution in [0.1, 0.15) is 10.4 Å². The second-order valence-electron chi connectivity index (χ2n) is 3.80. The maximum absolute atomic E-state index is 13.3. The van der Waals surface area contributed by atoms with E-state index in [1.54, 1.807) is 0 Å². The fourth-order valence-electron chi connectivity index (χ4n) is 1.33. The van der Waals surface area contributed by atoms with Crippen LogP contribution in [0.3, 0.4) is 0 Å². The van der Waals surface area contributed by atoms with E-state index >= 15 is 0 Å². The fourth-order valence-corrected chi connectivity index (χ4v) is 1.33. The zero-order valence-corrected chi connectivity index (χ0v) is 10.3. The second-order valence-corrected chi connectivity index (χ2v) is 3.80. The quantitative estimate of drug-likeness (QED) is 0.541. The van der Waals surface area contributed by atoms with Gasteiger partial charge in [0.05, 0.1) is 18.7 Å². The SMILES string of the molecule is O=C(CNC(=O)c1ccccc1F)N[C@H](CO)C(=O)O. The lowest BCUT2D eigenvalue weighted by Crippen LogP contribution is -2.47. The molecule has 1 aromatic rings. The molecule has 4 N–H and O–H groups in total. The third-order valence-electron chi connectivity index (χ3n) is 2.34. The van der Waals surface area contributed by atoms with Crippen molar-refractivity contribution in [3.8, 4) is 0 Å². The lowest BCUT2D eigenvalue weighted by molar-refractivity contribution is -0.142. The first-order valence-electron chi connectivity index (χ1n) is 5.61. The van der Waals surface area contributed by atoms with Gasteiger partial charge in [0.1, 0.15) is 11.9 Å². The van der Waals surface area contributed by atoms with Crippen molar-refractivity contribution in [2.45, 2.75) is 6.04 Å². The molecule has 0 aliphatic carbocycles. The van der Waals surface area contributed by atoms with Gasteiger partial charge in [0.15, 0.2) is 0 Å². The summed E-state index contributed by atoms with van der Waals surface area (Å²) in [5.74, 6) is -3.74. The molecule has 0 spiro atoms. The molecule has 0 bridgehead atoms. The fraction of sp³-hybridized carbons (Fsp3) is 0.250. The van der Waals surface area contributed by atoms with Crippen molar-refractivity contribution in [1.29, 1.82) is 0 Å². The van der Waals surface area contributed by atoms with E-state index in [1.807, 2.05) is 5.32 Å². The van der Waals surface area contributed by atoms with Crippen LogP contribution in [0, 0.1) is 5.82 Å². The second kappa shape index (κ2) is 7.19. The van der Waals surface area contributed by atoms with Gasteiger partial charge in [-0.15, -0.1) is 0 Å². The number of rotatable bonds is 6. The highest BCUT2D eigenvalue weighted by Crippen LogP contribution is 2.05. The van der Waals surface area contributed by atoms with Crippen molar-refractivity contribution in [2.75, 3.05) is 13.2 Å². The van der Waals surface area contributed by atoms with Gasteiger partial charge in [-0.1, -0.05) is 12.1 Å². The monoisotopic (exact) mass is 284 g/mol. The van der Waals surface area contributed by atoms with E-state index in [4.69, 9.17) is 10.2 Å². The highest BCUT2D eigenvalue weighted by atomic mass is 19.1. The van der Waals surface area contributed by atoms with E-state index in [2.05, 4.69) is 5.32 Å². The van der Waals surface area contributed by atoms with Crippen molar-refractivity contribution < 1.29 is 29.0 Å². The smallest absolute Gasteiger partial charge is 0.328 e. The minimum absolute atomic E-state index is 0.225. The summed E-state index contributed by atoms with van der Waals surface area (Å²) in [5.41, 5.74) is -0.225. The van der Waals surface area contributed by atoms with Gasteiger partial charge in [0.25, 0.3) is 5.91 Å². The number of carbonyl (C=O) groups excluding carboxylic acids is 2. The summed E-state index contributed by atoms with van der Waals surface area (Å²) in [5, 5.41) is 21.4. The summed E-state index contributed by atoms with van der Waals surface area (Å²) in [6, 6.07) is 3.77. The third kappa shape index (κ3) is 4.32.